The predicted molar refractivity (Wildman–Crippen MR) is 109 cm³/mol. The minimum Gasteiger partial charge on any atom is -0.369 e. The monoisotopic (exact) mass is 391 g/mol. The van der Waals surface area contributed by atoms with E-state index in [1.165, 1.54) is 0 Å². The van der Waals surface area contributed by atoms with Gasteiger partial charge in [-0.1, -0.05) is 12.7 Å². The third-order valence-electron chi connectivity index (χ3n) is 6.66. The number of ether oxygens (including phenoxy) is 1. The maximum Gasteiger partial charge on any atom is 0.254 e. The summed E-state index contributed by atoms with van der Waals surface area (Å²) in [4.78, 5) is 27.6. The number of amides is 1. The second-order valence-corrected chi connectivity index (χ2v) is 8.29. The minimum absolute atomic E-state index is 0.105. The van der Waals surface area contributed by atoms with Crippen molar-refractivity contribution < 1.29 is 9.53 Å². The highest BCUT2D eigenvalue weighted by molar-refractivity contribution is 5.93. The number of carbonyl (C=O) groups is 1. The Morgan fingerprint density at radius 3 is 2.90 bits per heavy atom. The molecule has 1 N–H and O–H groups in total. The van der Waals surface area contributed by atoms with Crippen molar-refractivity contribution in [1.29, 1.82) is 0 Å². The number of carbonyl (C=O) groups excluding carboxylic acids is 1. The van der Waals surface area contributed by atoms with Gasteiger partial charge in [0.1, 0.15) is 11.6 Å². The minimum atomic E-state index is -0.127. The number of anilines is 1. The first-order valence-corrected chi connectivity index (χ1v) is 10.2. The average Bonchev–Trinajstić information content (AvgIpc) is 3.41. The van der Waals surface area contributed by atoms with Crippen LogP contribution in [0.15, 0.2) is 37.3 Å². The van der Waals surface area contributed by atoms with Crippen molar-refractivity contribution in [3.05, 3.63) is 54.3 Å². The van der Waals surface area contributed by atoms with E-state index < -0.39 is 0 Å². The van der Waals surface area contributed by atoms with Crippen LogP contribution in [0.25, 0.3) is 6.08 Å². The number of aryl methyl sites for hydroxylation is 1. The van der Waals surface area contributed by atoms with Crippen LogP contribution >= 0.6 is 0 Å². The summed E-state index contributed by atoms with van der Waals surface area (Å²) in [6.45, 7) is 7.98. The molecule has 0 unspecified atom stereocenters. The first-order chi connectivity index (χ1) is 14.1. The summed E-state index contributed by atoms with van der Waals surface area (Å²) in [5.41, 5.74) is 1.41. The maximum absolute atomic E-state index is 12.5. The normalized spacial score (nSPS) is 29.7. The number of aromatic nitrogens is 3. The fourth-order valence-corrected chi connectivity index (χ4v) is 5.17. The van der Waals surface area contributed by atoms with Gasteiger partial charge in [0, 0.05) is 50.1 Å². The van der Waals surface area contributed by atoms with Gasteiger partial charge in [0.25, 0.3) is 5.91 Å². The largest absolute Gasteiger partial charge is 0.369 e. The van der Waals surface area contributed by atoms with Crippen molar-refractivity contribution in [3.8, 4) is 0 Å². The fraction of sp³-hybridized carbons (Fsp3) is 0.455. The molecule has 5 rings (SSSR count). The third kappa shape index (κ3) is 3.09. The quantitative estimate of drug-likeness (QED) is 0.842. The van der Waals surface area contributed by atoms with Crippen LogP contribution in [-0.2, 0) is 4.74 Å². The molecule has 4 atom stereocenters. The Hall–Kier alpha value is -2.80. The first-order valence-electron chi connectivity index (χ1n) is 10.2. The second-order valence-electron chi connectivity index (χ2n) is 8.29. The van der Waals surface area contributed by atoms with Crippen molar-refractivity contribution in [2.45, 2.75) is 31.5 Å². The molecule has 29 heavy (non-hydrogen) atoms. The van der Waals surface area contributed by atoms with E-state index in [1.807, 2.05) is 12.3 Å². The zero-order valence-electron chi connectivity index (χ0n) is 16.5. The molecule has 150 valence electrons. The summed E-state index contributed by atoms with van der Waals surface area (Å²) in [6.07, 6.45) is 9.18. The Labute approximate surface area is 170 Å². The van der Waals surface area contributed by atoms with Gasteiger partial charge in [0.2, 0.25) is 0 Å². The highest BCUT2D eigenvalue weighted by Crippen LogP contribution is 2.55. The first kappa shape index (κ1) is 18.2. The molecule has 3 aliphatic heterocycles. The zero-order valence-corrected chi connectivity index (χ0v) is 16.5. The number of rotatable bonds is 5. The molecule has 0 aliphatic carbocycles. The number of hydrogen-bond donors (Lipinski definition) is 1. The molecular weight excluding hydrogens is 366 g/mol. The molecule has 3 aliphatic rings. The molecular formula is C22H25N5O2. The van der Waals surface area contributed by atoms with E-state index in [4.69, 9.17) is 4.74 Å². The molecule has 0 saturated carbocycles. The van der Waals surface area contributed by atoms with E-state index in [2.05, 4.69) is 37.8 Å². The van der Waals surface area contributed by atoms with Crippen molar-refractivity contribution in [2.75, 3.05) is 24.5 Å². The summed E-state index contributed by atoms with van der Waals surface area (Å²) in [6, 6.07) is 4.09. The standard InChI is InChI=1S/C22H25N5O2/c1-3-15-4-5-20(25-8-15)27-12-18-17(19-6-7-22(18,13-27)29-19)11-26-21(28)16-9-23-14(2)24-10-16/h3-5,8-10,17-19H,1,6-7,11-13H2,2H3,(H,26,28)/t17-,18+,19+,22+/m0/s1. The average molecular weight is 391 g/mol. The lowest BCUT2D eigenvalue weighted by Crippen LogP contribution is -2.41. The highest BCUT2D eigenvalue weighted by atomic mass is 16.5. The molecule has 7 heteroatoms. The van der Waals surface area contributed by atoms with E-state index in [9.17, 15) is 4.79 Å². The van der Waals surface area contributed by atoms with Crippen LogP contribution in [0.3, 0.4) is 0 Å². The summed E-state index contributed by atoms with van der Waals surface area (Å²) in [5, 5.41) is 3.08. The van der Waals surface area contributed by atoms with Crippen molar-refractivity contribution in [3.63, 3.8) is 0 Å². The number of fused-ring (bicyclic) bond motifs is 1. The number of nitrogens with zero attached hydrogens (tertiary/aromatic N) is 4. The molecule has 2 bridgehead atoms. The summed E-state index contributed by atoms with van der Waals surface area (Å²) >= 11 is 0. The zero-order chi connectivity index (χ0) is 20.0. The molecule has 2 aromatic heterocycles. The number of hydrogen-bond acceptors (Lipinski definition) is 6. The van der Waals surface area contributed by atoms with Gasteiger partial charge in [0.15, 0.2) is 0 Å². The van der Waals surface area contributed by atoms with E-state index in [1.54, 1.807) is 25.4 Å². The fourth-order valence-electron chi connectivity index (χ4n) is 5.17. The lowest BCUT2D eigenvalue weighted by molar-refractivity contribution is 0.0141. The van der Waals surface area contributed by atoms with E-state index in [0.29, 0.717) is 29.8 Å². The number of nitrogens with one attached hydrogen (secondary N) is 1. The van der Waals surface area contributed by atoms with Gasteiger partial charge in [-0.05, 0) is 37.5 Å². The van der Waals surface area contributed by atoms with E-state index >= 15 is 0 Å². The number of pyridine rings is 1. The van der Waals surface area contributed by atoms with E-state index in [-0.39, 0.29) is 17.6 Å². The second kappa shape index (κ2) is 6.91. The van der Waals surface area contributed by atoms with E-state index in [0.717, 1.165) is 37.3 Å². The lowest BCUT2D eigenvalue weighted by atomic mass is 9.73. The topological polar surface area (TPSA) is 80.2 Å². The SMILES string of the molecule is C=Cc1ccc(N2C[C@@H]3[C@H](CNC(=O)c4cnc(C)nc4)[C@H]4CC[C@]3(C2)O4)nc1. The predicted octanol–water partition coefficient (Wildman–Crippen LogP) is 2.24. The van der Waals surface area contributed by atoms with Crippen molar-refractivity contribution in [2.24, 2.45) is 11.8 Å². The summed E-state index contributed by atoms with van der Waals surface area (Å²) in [5.74, 6) is 2.23. The molecule has 2 aromatic rings. The van der Waals surface area contributed by atoms with Gasteiger partial charge in [-0.3, -0.25) is 4.79 Å². The molecule has 3 fully saturated rings. The Morgan fingerprint density at radius 2 is 2.17 bits per heavy atom. The van der Waals surface area contributed by atoms with Gasteiger partial charge in [-0.2, -0.15) is 0 Å². The van der Waals surface area contributed by atoms with Gasteiger partial charge >= 0.3 is 0 Å². The Kier molecular flexibility index (Phi) is 4.35. The summed E-state index contributed by atoms with van der Waals surface area (Å²) in [7, 11) is 0. The molecule has 5 heterocycles. The Bertz CT molecular complexity index is 929. The molecule has 0 radical (unpaired) electrons. The lowest BCUT2D eigenvalue weighted by Gasteiger charge is -2.29. The smallest absolute Gasteiger partial charge is 0.254 e. The highest BCUT2D eigenvalue weighted by Gasteiger charge is 2.63. The molecule has 3 saturated heterocycles. The van der Waals surface area contributed by atoms with Gasteiger partial charge in [0.05, 0.1) is 17.3 Å². The van der Waals surface area contributed by atoms with Crippen LogP contribution in [-0.4, -0.2) is 52.2 Å². The maximum atomic E-state index is 12.5. The van der Waals surface area contributed by atoms with Crippen LogP contribution in [0.1, 0.15) is 34.6 Å². The van der Waals surface area contributed by atoms with Gasteiger partial charge in [-0.25, -0.2) is 15.0 Å². The van der Waals surface area contributed by atoms with Gasteiger partial charge < -0.3 is 15.0 Å². The Morgan fingerprint density at radius 1 is 1.34 bits per heavy atom. The molecule has 1 amide bonds. The van der Waals surface area contributed by atoms with Gasteiger partial charge in [-0.15, -0.1) is 0 Å². The van der Waals surface area contributed by atoms with Crippen LogP contribution < -0.4 is 10.2 Å². The molecule has 1 spiro atoms. The van der Waals surface area contributed by atoms with Crippen LogP contribution in [0, 0.1) is 18.8 Å². The van der Waals surface area contributed by atoms with Crippen molar-refractivity contribution in [1.82, 2.24) is 20.3 Å². The third-order valence-corrected chi connectivity index (χ3v) is 6.66. The van der Waals surface area contributed by atoms with Crippen molar-refractivity contribution >= 4 is 17.8 Å². The van der Waals surface area contributed by atoms with Crippen LogP contribution in [0.2, 0.25) is 0 Å². The molecule has 7 nitrogen and oxygen atoms in total. The van der Waals surface area contributed by atoms with Crippen LogP contribution in [0.4, 0.5) is 5.82 Å². The molecule has 0 aromatic carbocycles. The Balaban J connectivity index is 1.28. The van der Waals surface area contributed by atoms with Crippen LogP contribution in [0.5, 0.6) is 0 Å². The summed E-state index contributed by atoms with van der Waals surface area (Å²) < 4.78 is 6.49.